The summed E-state index contributed by atoms with van der Waals surface area (Å²) in [6.07, 6.45) is 7.81. The third kappa shape index (κ3) is 2.40. The molecule has 0 amide bonds. The number of carboxylic acid groups (broad SMARTS) is 1. The number of carbonyl (C=O) groups excluding carboxylic acids is 1. The number of hydrogen-bond acceptors (Lipinski definition) is 4. The highest BCUT2D eigenvalue weighted by atomic mass is 16.4. The number of Topliss-reactive ketones (excluding diaryl/α,β-unsaturated/α-hetero) is 1. The van der Waals surface area contributed by atoms with Crippen LogP contribution in [0.5, 0.6) is 0 Å². The SMILES string of the molecule is CC1C(=O)CN(C=CC(=O)O)C2=C1CN=CC=C2. The van der Waals surface area contributed by atoms with Crippen molar-refractivity contribution in [2.75, 3.05) is 13.1 Å². The molecule has 0 fully saturated rings. The van der Waals surface area contributed by atoms with Crippen molar-refractivity contribution in [1.29, 1.82) is 0 Å². The van der Waals surface area contributed by atoms with E-state index >= 15 is 0 Å². The van der Waals surface area contributed by atoms with Crippen molar-refractivity contribution in [2.24, 2.45) is 10.9 Å². The predicted molar refractivity (Wildman–Crippen MR) is 67.2 cm³/mol. The lowest BCUT2D eigenvalue weighted by molar-refractivity contribution is -0.131. The maximum absolute atomic E-state index is 11.9. The van der Waals surface area contributed by atoms with Gasteiger partial charge in [0.1, 0.15) is 0 Å². The first-order valence-electron chi connectivity index (χ1n) is 5.69. The lowest BCUT2D eigenvalue weighted by Crippen LogP contribution is -2.36. The Balaban J connectivity index is 2.38. The minimum Gasteiger partial charge on any atom is -0.478 e. The number of carbonyl (C=O) groups is 2. The Hall–Kier alpha value is -2.17. The molecule has 1 N–H and O–H groups in total. The van der Waals surface area contributed by atoms with E-state index in [1.54, 1.807) is 17.2 Å². The van der Waals surface area contributed by atoms with Gasteiger partial charge in [-0.2, -0.15) is 0 Å². The molecule has 0 radical (unpaired) electrons. The van der Waals surface area contributed by atoms with Gasteiger partial charge >= 0.3 is 5.97 Å². The minimum atomic E-state index is -1.03. The molecule has 2 aliphatic rings. The fourth-order valence-electron chi connectivity index (χ4n) is 2.04. The molecule has 2 rings (SSSR count). The summed E-state index contributed by atoms with van der Waals surface area (Å²) in [5.74, 6) is -1.11. The van der Waals surface area contributed by atoms with Gasteiger partial charge in [-0.1, -0.05) is 6.92 Å². The zero-order valence-corrected chi connectivity index (χ0v) is 10.0. The summed E-state index contributed by atoms with van der Waals surface area (Å²) < 4.78 is 0. The number of ketones is 1. The topological polar surface area (TPSA) is 70.0 Å². The smallest absolute Gasteiger partial charge is 0.329 e. The van der Waals surface area contributed by atoms with Crippen molar-refractivity contribution in [3.8, 4) is 0 Å². The van der Waals surface area contributed by atoms with E-state index in [9.17, 15) is 9.59 Å². The summed E-state index contributed by atoms with van der Waals surface area (Å²) in [6.45, 7) is 2.55. The number of carboxylic acids is 1. The van der Waals surface area contributed by atoms with Crippen LogP contribution in [0.25, 0.3) is 0 Å². The van der Waals surface area contributed by atoms with Gasteiger partial charge in [-0.05, 0) is 17.7 Å². The van der Waals surface area contributed by atoms with Crippen LogP contribution in [0.1, 0.15) is 6.92 Å². The maximum Gasteiger partial charge on any atom is 0.329 e. The fourth-order valence-corrected chi connectivity index (χ4v) is 2.04. The molecule has 0 aromatic rings. The lowest BCUT2D eigenvalue weighted by Gasteiger charge is -2.31. The van der Waals surface area contributed by atoms with Crippen molar-refractivity contribution in [1.82, 2.24) is 4.90 Å². The lowest BCUT2D eigenvalue weighted by atomic mass is 9.90. The number of aliphatic imine (C=N–C) groups is 1. The highest BCUT2D eigenvalue weighted by Crippen LogP contribution is 2.27. The standard InChI is InChI=1S/C13H14N2O3/c1-9-10-7-14-5-2-3-11(10)15(8-12(9)16)6-4-13(17)18/h2-6,9H,7-8H2,1H3,(H,17,18). The van der Waals surface area contributed by atoms with Crippen molar-refractivity contribution in [2.45, 2.75) is 6.92 Å². The van der Waals surface area contributed by atoms with Crippen molar-refractivity contribution in [3.05, 3.63) is 35.7 Å². The van der Waals surface area contributed by atoms with E-state index in [-0.39, 0.29) is 18.2 Å². The van der Waals surface area contributed by atoms with Gasteiger partial charge in [0.05, 0.1) is 13.1 Å². The van der Waals surface area contributed by atoms with E-state index in [0.29, 0.717) is 6.54 Å². The number of hydrogen-bond donors (Lipinski definition) is 1. The normalized spacial score (nSPS) is 23.5. The number of aliphatic carboxylic acids is 1. The van der Waals surface area contributed by atoms with Gasteiger partial charge in [-0.25, -0.2) is 4.79 Å². The molecule has 5 heteroatoms. The number of nitrogens with zero attached hydrogens (tertiary/aromatic N) is 2. The van der Waals surface area contributed by atoms with Crippen molar-refractivity contribution < 1.29 is 14.7 Å². The van der Waals surface area contributed by atoms with Gasteiger partial charge < -0.3 is 10.0 Å². The molecule has 18 heavy (non-hydrogen) atoms. The molecular formula is C13H14N2O3. The van der Waals surface area contributed by atoms with Gasteiger partial charge in [0.25, 0.3) is 0 Å². The Kier molecular flexibility index (Phi) is 3.41. The van der Waals surface area contributed by atoms with Gasteiger partial charge in [0.2, 0.25) is 0 Å². The molecule has 2 aliphatic heterocycles. The summed E-state index contributed by atoms with van der Waals surface area (Å²) >= 11 is 0. The third-order valence-electron chi connectivity index (χ3n) is 3.07. The predicted octanol–water partition coefficient (Wildman–Crippen LogP) is 1.00. The minimum absolute atomic E-state index is 0.0780. The Morgan fingerprint density at radius 1 is 1.61 bits per heavy atom. The molecule has 1 unspecified atom stereocenters. The Bertz CT molecular complexity index is 500. The average Bonchev–Trinajstić information content (AvgIpc) is 2.57. The number of rotatable bonds is 2. The van der Waals surface area contributed by atoms with Crippen molar-refractivity contribution >= 4 is 18.0 Å². The zero-order valence-electron chi connectivity index (χ0n) is 10.0. The third-order valence-corrected chi connectivity index (χ3v) is 3.07. The van der Waals surface area contributed by atoms with Gasteiger partial charge in [0.15, 0.2) is 5.78 Å². The van der Waals surface area contributed by atoms with E-state index in [4.69, 9.17) is 5.11 Å². The Morgan fingerprint density at radius 3 is 3.11 bits per heavy atom. The summed E-state index contributed by atoms with van der Waals surface area (Å²) in [4.78, 5) is 28.3. The van der Waals surface area contributed by atoms with Crippen LogP contribution in [0, 0.1) is 5.92 Å². The first kappa shape index (κ1) is 12.3. The molecular weight excluding hydrogens is 232 g/mol. The highest BCUT2D eigenvalue weighted by molar-refractivity contribution is 5.88. The number of allylic oxidation sites excluding steroid dienone is 2. The molecule has 1 atom stereocenters. The largest absolute Gasteiger partial charge is 0.478 e. The van der Waals surface area contributed by atoms with Crippen LogP contribution >= 0.6 is 0 Å². The van der Waals surface area contributed by atoms with E-state index < -0.39 is 5.97 Å². The molecule has 0 aromatic carbocycles. The quantitative estimate of drug-likeness (QED) is 0.738. The van der Waals surface area contributed by atoms with Crippen LogP contribution in [0.2, 0.25) is 0 Å². The molecule has 0 aromatic heterocycles. The summed E-state index contributed by atoms with van der Waals surface area (Å²) in [5, 5.41) is 8.66. The first-order valence-corrected chi connectivity index (χ1v) is 5.69. The van der Waals surface area contributed by atoms with E-state index in [1.807, 2.05) is 13.0 Å². The van der Waals surface area contributed by atoms with Crippen LogP contribution in [0.15, 0.2) is 40.7 Å². The molecule has 0 spiro atoms. The maximum atomic E-state index is 11.9. The first-order chi connectivity index (χ1) is 8.59. The summed E-state index contributed by atoms with van der Waals surface area (Å²) in [7, 11) is 0. The van der Waals surface area contributed by atoms with E-state index in [2.05, 4.69) is 4.99 Å². The monoisotopic (exact) mass is 246 g/mol. The summed E-state index contributed by atoms with van der Waals surface area (Å²) in [5.41, 5.74) is 1.81. The molecule has 2 heterocycles. The van der Waals surface area contributed by atoms with Gasteiger partial charge in [-0.15, -0.1) is 0 Å². The van der Waals surface area contributed by atoms with Crippen LogP contribution in [0.4, 0.5) is 0 Å². The zero-order chi connectivity index (χ0) is 13.1. The Morgan fingerprint density at radius 2 is 2.39 bits per heavy atom. The average molecular weight is 246 g/mol. The molecule has 0 saturated carbocycles. The summed E-state index contributed by atoms with van der Waals surface area (Å²) in [6, 6.07) is 0. The van der Waals surface area contributed by atoms with E-state index in [1.165, 1.54) is 6.20 Å². The van der Waals surface area contributed by atoms with Crippen LogP contribution in [0.3, 0.4) is 0 Å². The van der Waals surface area contributed by atoms with Crippen LogP contribution in [-0.2, 0) is 9.59 Å². The second kappa shape index (κ2) is 5.00. The molecule has 94 valence electrons. The molecule has 5 nitrogen and oxygen atoms in total. The molecule has 0 aliphatic carbocycles. The van der Waals surface area contributed by atoms with Gasteiger partial charge in [-0.3, -0.25) is 9.79 Å². The fraction of sp³-hybridized carbons (Fsp3) is 0.308. The van der Waals surface area contributed by atoms with Crippen LogP contribution in [-0.4, -0.2) is 41.1 Å². The van der Waals surface area contributed by atoms with Crippen molar-refractivity contribution in [3.63, 3.8) is 0 Å². The Labute approximate surface area is 105 Å². The van der Waals surface area contributed by atoms with Crippen LogP contribution < -0.4 is 0 Å². The van der Waals surface area contributed by atoms with Gasteiger partial charge in [0, 0.05) is 30.1 Å². The highest BCUT2D eigenvalue weighted by Gasteiger charge is 2.29. The molecule has 0 saturated heterocycles. The van der Waals surface area contributed by atoms with E-state index in [0.717, 1.165) is 17.3 Å². The second-order valence-electron chi connectivity index (χ2n) is 4.23. The second-order valence-corrected chi connectivity index (χ2v) is 4.23. The molecule has 0 bridgehead atoms.